The number of hydrogen-bond acceptors (Lipinski definition) is 1. The third-order valence-electron chi connectivity index (χ3n) is 4.94. The summed E-state index contributed by atoms with van der Waals surface area (Å²) in [4.78, 5) is 0. The molecule has 2 rings (SSSR count). The van der Waals surface area contributed by atoms with Gasteiger partial charge in [0.05, 0.1) is 0 Å². The van der Waals surface area contributed by atoms with Crippen LogP contribution in [0.1, 0.15) is 13.8 Å². The zero-order chi connectivity index (χ0) is 16.4. The highest BCUT2D eigenvalue weighted by atomic mass is 31.2. The van der Waals surface area contributed by atoms with Gasteiger partial charge in [-0.1, -0.05) is 94.2 Å². The molecule has 22 heavy (non-hydrogen) atoms. The van der Waals surface area contributed by atoms with Crippen molar-refractivity contribution in [2.45, 2.75) is 44.7 Å². The molecule has 0 radical (unpaired) electrons. The largest absolute Gasteiger partial charge is 0.313 e. The second-order valence-corrected chi connectivity index (χ2v) is 16.0. The van der Waals surface area contributed by atoms with Crippen LogP contribution in [0.3, 0.4) is 0 Å². The Kier molecular flexibility index (Phi) is 5.14. The van der Waals surface area contributed by atoms with Crippen LogP contribution in [-0.2, 0) is 4.57 Å². The van der Waals surface area contributed by atoms with E-state index in [0.717, 1.165) is 10.6 Å². The lowest BCUT2D eigenvalue weighted by atomic mass is 10.3. The first-order valence-electron chi connectivity index (χ1n) is 7.99. The van der Waals surface area contributed by atoms with Gasteiger partial charge < -0.3 is 4.57 Å². The molecule has 0 amide bonds. The molecular formula is C19H27OPSi. The molecular weight excluding hydrogens is 303 g/mol. The lowest BCUT2D eigenvalue weighted by Gasteiger charge is -2.36. The topological polar surface area (TPSA) is 17.1 Å². The highest BCUT2D eigenvalue weighted by molar-refractivity contribution is 7.79. The zero-order valence-electron chi connectivity index (χ0n) is 14.3. The SMILES string of the molecule is C[C@@H]([C@H](C)P(=O)(c1ccccc1)c1ccccc1)[Si](C)(C)C. The van der Waals surface area contributed by atoms with E-state index in [2.05, 4.69) is 33.5 Å². The van der Waals surface area contributed by atoms with Gasteiger partial charge in [-0.25, -0.2) is 0 Å². The summed E-state index contributed by atoms with van der Waals surface area (Å²) in [7, 11) is -4.00. The van der Waals surface area contributed by atoms with Crippen LogP contribution in [0.25, 0.3) is 0 Å². The Bertz CT molecular complexity index is 603. The normalized spacial score (nSPS) is 15.3. The monoisotopic (exact) mass is 330 g/mol. The van der Waals surface area contributed by atoms with Crippen molar-refractivity contribution in [3.63, 3.8) is 0 Å². The summed E-state index contributed by atoms with van der Waals surface area (Å²) in [6.45, 7) is 11.6. The van der Waals surface area contributed by atoms with E-state index in [-0.39, 0.29) is 5.66 Å². The fourth-order valence-corrected chi connectivity index (χ4v) is 9.47. The molecule has 0 saturated heterocycles. The van der Waals surface area contributed by atoms with E-state index in [9.17, 15) is 4.57 Å². The lowest BCUT2D eigenvalue weighted by molar-refractivity contribution is 0.576. The van der Waals surface area contributed by atoms with Crippen LogP contribution in [0, 0.1) is 0 Å². The summed E-state index contributed by atoms with van der Waals surface area (Å²) in [6.07, 6.45) is 0. The van der Waals surface area contributed by atoms with Crippen LogP contribution in [0.5, 0.6) is 0 Å². The maximum absolute atomic E-state index is 14.2. The molecule has 2 atom stereocenters. The van der Waals surface area contributed by atoms with Crippen molar-refractivity contribution in [3.8, 4) is 0 Å². The van der Waals surface area contributed by atoms with Crippen molar-refractivity contribution in [2.24, 2.45) is 0 Å². The molecule has 3 heteroatoms. The predicted molar refractivity (Wildman–Crippen MR) is 102 cm³/mol. The molecule has 0 N–H and O–H groups in total. The van der Waals surface area contributed by atoms with Crippen LogP contribution < -0.4 is 10.6 Å². The van der Waals surface area contributed by atoms with Crippen molar-refractivity contribution >= 4 is 25.8 Å². The van der Waals surface area contributed by atoms with Crippen molar-refractivity contribution in [2.75, 3.05) is 0 Å². The van der Waals surface area contributed by atoms with Crippen molar-refractivity contribution in [1.29, 1.82) is 0 Å². The Labute approximate surface area is 136 Å². The van der Waals surface area contributed by atoms with Gasteiger partial charge in [0.25, 0.3) is 0 Å². The lowest BCUT2D eigenvalue weighted by Crippen LogP contribution is -2.37. The number of hydrogen-bond donors (Lipinski definition) is 0. The summed E-state index contributed by atoms with van der Waals surface area (Å²) in [6, 6.07) is 20.1. The van der Waals surface area contributed by atoms with Gasteiger partial charge in [0.1, 0.15) is 7.14 Å². The maximum Gasteiger partial charge on any atom is 0.145 e. The van der Waals surface area contributed by atoms with E-state index in [1.165, 1.54) is 0 Å². The van der Waals surface area contributed by atoms with Crippen molar-refractivity contribution in [3.05, 3.63) is 60.7 Å². The van der Waals surface area contributed by atoms with Crippen molar-refractivity contribution < 1.29 is 4.57 Å². The fourth-order valence-electron chi connectivity index (χ4n) is 2.96. The van der Waals surface area contributed by atoms with E-state index in [1.54, 1.807) is 0 Å². The molecule has 0 bridgehead atoms. The quantitative estimate of drug-likeness (QED) is 0.549. The Morgan fingerprint density at radius 3 is 1.45 bits per heavy atom. The first-order chi connectivity index (χ1) is 10.3. The molecule has 0 heterocycles. The Morgan fingerprint density at radius 1 is 0.773 bits per heavy atom. The maximum atomic E-state index is 14.2. The van der Waals surface area contributed by atoms with Crippen LogP contribution in [0.4, 0.5) is 0 Å². The Morgan fingerprint density at radius 2 is 1.14 bits per heavy atom. The van der Waals surface area contributed by atoms with E-state index >= 15 is 0 Å². The summed E-state index contributed by atoms with van der Waals surface area (Å²) >= 11 is 0. The average molecular weight is 330 g/mol. The molecule has 0 saturated carbocycles. The van der Waals surface area contributed by atoms with Gasteiger partial charge in [-0.3, -0.25) is 0 Å². The highest BCUT2D eigenvalue weighted by Crippen LogP contribution is 2.54. The van der Waals surface area contributed by atoms with Gasteiger partial charge in [-0.15, -0.1) is 0 Å². The van der Waals surface area contributed by atoms with E-state index in [1.807, 2.05) is 60.7 Å². The van der Waals surface area contributed by atoms with Gasteiger partial charge in [0, 0.05) is 24.3 Å². The van der Waals surface area contributed by atoms with Gasteiger partial charge >= 0.3 is 0 Å². The minimum Gasteiger partial charge on any atom is -0.313 e. The molecule has 0 aliphatic heterocycles. The van der Waals surface area contributed by atoms with Gasteiger partial charge in [-0.2, -0.15) is 0 Å². The van der Waals surface area contributed by atoms with E-state index in [0.29, 0.717) is 5.54 Å². The van der Waals surface area contributed by atoms with Gasteiger partial charge in [0.2, 0.25) is 0 Å². The summed E-state index contributed by atoms with van der Waals surface area (Å²) in [5, 5.41) is 1.97. The first kappa shape index (κ1) is 17.2. The Balaban J connectivity index is 2.60. The summed E-state index contributed by atoms with van der Waals surface area (Å²) in [5.74, 6) is 0. The molecule has 0 spiro atoms. The molecule has 0 aromatic heterocycles. The third kappa shape index (κ3) is 3.29. The van der Waals surface area contributed by atoms with Crippen molar-refractivity contribution in [1.82, 2.24) is 0 Å². The molecule has 1 nitrogen and oxygen atoms in total. The summed E-state index contributed by atoms with van der Waals surface area (Å²) in [5.41, 5.74) is 0.641. The van der Waals surface area contributed by atoms with E-state index < -0.39 is 15.2 Å². The minimum atomic E-state index is -2.63. The standard InChI is InChI=1S/C19H27OPSi/c1-16(17(2)22(3,4)5)21(20,18-12-8-6-9-13-18)19-14-10-7-11-15-19/h6-17H,1-5H3/t16-,17-/m0/s1. The third-order valence-corrected chi connectivity index (χ3v) is 12.2. The van der Waals surface area contributed by atoms with Crippen LogP contribution in [0.2, 0.25) is 25.2 Å². The second-order valence-electron chi connectivity index (χ2n) is 7.22. The molecule has 118 valence electrons. The zero-order valence-corrected chi connectivity index (χ0v) is 16.2. The molecule has 0 aliphatic rings. The van der Waals surface area contributed by atoms with Crippen LogP contribution in [-0.4, -0.2) is 13.7 Å². The highest BCUT2D eigenvalue weighted by Gasteiger charge is 2.40. The molecule has 0 aliphatic carbocycles. The smallest absolute Gasteiger partial charge is 0.145 e. The first-order valence-corrected chi connectivity index (χ1v) is 13.3. The number of benzene rings is 2. The van der Waals surface area contributed by atoms with Crippen LogP contribution in [0.15, 0.2) is 60.7 Å². The predicted octanol–water partition coefficient (Wildman–Crippen LogP) is 5.12. The molecule has 2 aromatic rings. The van der Waals surface area contributed by atoms with E-state index in [4.69, 9.17) is 0 Å². The number of rotatable bonds is 5. The van der Waals surface area contributed by atoms with Crippen LogP contribution >= 0.6 is 7.14 Å². The second kappa shape index (κ2) is 6.56. The van der Waals surface area contributed by atoms with Gasteiger partial charge in [0.15, 0.2) is 0 Å². The molecule has 2 aromatic carbocycles. The average Bonchev–Trinajstić information content (AvgIpc) is 2.53. The molecule has 0 fully saturated rings. The fraction of sp³-hybridized carbons (Fsp3) is 0.368. The molecule has 0 unspecified atom stereocenters. The minimum absolute atomic E-state index is 0.156. The Hall–Kier alpha value is -1.11. The summed E-state index contributed by atoms with van der Waals surface area (Å²) < 4.78 is 14.2. The van der Waals surface area contributed by atoms with Gasteiger partial charge in [-0.05, 0) is 5.54 Å².